The van der Waals surface area contributed by atoms with Gasteiger partial charge in [-0.05, 0) is 37.9 Å². The summed E-state index contributed by atoms with van der Waals surface area (Å²) >= 11 is 2.02. The van der Waals surface area contributed by atoms with E-state index in [2.05, 4.69) is 20.8 Å². The third-order valence-corrected chi connectivity index (χ3v) is 3.97. The minimum Gasteiger partial charge on any atom is -0.325 e. The lowest BCUT2D eigenvalue weighted by Gasteiger charge is -2.30. The van der Waals surface area contributed by atoms with Crippen LogP contribution in [0.25, 0.3) is 0 Å². The molecule has 0 spiro atoms. The number of nitrogens with two attached hydrogens (primary N) is 1. The molecule has 1 fully saturated rings. The number of rotatable bonds is 4. The zero-order valence-corrected chi connectivity index (χ0v) is 8.63. The Morgan fingerprint density at radius 2 is 2.00 bits per heavy atom. The maximum absolute atomic E-state index is 6.10. The van der Waals surface area contributed by atoms with Crippen LogP contribution in [0, 0.1) is 5.41 Å². The molecule has 0 unspecified atom stereocenters. The normalized spacial score (nSPS) is 21.8. The summed E-state index contributed by atoms with van der Waals surface area (Å²) in [6.07, 6.45) is 2.67. The highest BCUT2D eigenvalue weighted by Gasteiger charge is 2.51. The Kier molecular flexibility index (Phi) is 2.55. The van der Waals surface area contributed by atoms with E-state index in [1.807, 2.05) is 11.8 Å². The molecule has 0 atom stereocenters. The van der Waals surface area contributed by atoms with E-state index < -0.39 is 0 Å². The van der Waals surface area contributed by atoms with Crippen molar-refractivity contribution in [2.45, 2.75) is 39.2 Å². The van der Waals surface area contributed by atoms with Crippen LogP contribution in [0.5, 0.6) is 0 Å². The largest absolute Gasteiger partial charge is 0.325 e. The Bertz CT molecular complexity index is 133. The molecular weight excluding hydrogens is 154 g/mol. The topological polar surface area (TPSA) is 26.0 Å². The second-order valence-electron chi connectivity index (χ2n) is 4.14. The summed E-state index contributed by atoms with van der Waals surface area (Å²) in [6, 6.07) is 0. The Morgan fingerprint density at radius 1 is 1.45 bits per heavy atom. The predicted molar refractivity (Wildman–Crippen MR) is 52.9 cm³/mol. The highest BCUT2D eigenvalue weighted by molar-refractivity contribution is 7.99. The summed E-state index contributed by atoms with van der Waals surface area (Å²) < 4.78 is 0. The lowest BCUT2D eigenvalue weighted by atomic mass is 9.87. The summed E-state index contributed by atoms with van der Waals surface area (Å²) in [5, 5.41) is 0. The van der Waals surface area contributed by atoms with Crippen LogP contribution >= 0.6 is 11.8 Å². The van der Waals surface area contributed by atoms with Gasteiger partial charge in [-0.1, -0.05) is 6.92 Å². The van der Waals surface area contributed by atoms with Crippen LogP contribution in [0.4, 0.5) is 0 Å². The van der Waals surface area contributed by atoms with Crippen molar-refractivity contribution < 1.29 is 0 Å². The lowest BCUT2D eigenvalue weighted by molar-refractivity contribution is 0.330. The zero-order chi connectivity index (χ0) is 8.54. The van der Waals surface area contributed by atoms with Crippen molar-refractivity contribution in [1.82, 2.24) is 0 Å². The minimum atomic E-state index is 0.0369. The van der Waals surface area contributed by atoms with Gasteiger partial charge in [0.25, 0.3) is 0 Å². The van der Waals surface area contributed by atoms with Gasteiger partial charge in [0, 0.05) is 11.3 Å². The van der Waals surface area contributed by atoms with E-state index in [-0.39, 0.29) is 5.54 Å². The summed E-state index contributed by atoms with van der Waals surface area (Å²) in [7, 11) is 0. The summed E-state index contributed by atoms with van der Waals surface area (Å²) in [5.41, 5.74) is 6.62. The van der Waals surface area contributed by atoms with Crippen molar-refractivity contribution in [2.24, 2.45) is 11.1 Å². The summed E-state index contributed by atoms with van der Waals surface area (Å²) in [5.74, 6) is 2.48. The molecule has 0 amide bonds. The van der Waals surface area contributed by atoms with Gasteiger partial charge in [0.1, 0.15) is 0 Å². The monoisotopic (exact) mass is 173 g/mol. The maximum Gasteiger partial charge on any atom is 0.0162 e. The van der Waals surface area contributed by atoms with E-state index in [0.29, 0.717) is 5.41 Å². The predicted octanol–water partition coefficient (Wildman–Crippen LogP) is 2.26. The highest BCUT2D eigenvalue weighted by atomic mass is 32.2. The molecule has 2 N–H and O–H groups in total. The van der Waals surface area contributed by atoms with E-state index in [9.17, 15) is 0 Å². The Labute approximate surface area is 74.1 Å². The van der Waals surface area contributed by atoms with E-state index in [0.717, 1.165) is 0 Å². The van der Waals surface area contributed by atoms with Gasteiger partial charge < -0.3 is 5.73 Å². The molecular formula is C9H19NS. The second kappa shape index (κ2) is 2.98. The minimum absolute atomic E-state index is 0.0369. The SMILES string of the molecule is CCSCC1(C(C)(C)N)CC1. The molecule has 2 heteroatoms. The molecule has 0 radical (unpaired) electrons. The third kappa shape index (κ3) is 1.91. The smallest absolute Gasteiger partial charge is 0.0162 e. The van der Waals surface area contributed by atoms with Crippen molar-refractivity contribution in [3.8, 4) is 0 Å². The molecule has 1 aliphatic rings. The fourth-order valence-electron chi connectivity index (χ4n) is 1.42. The van der Waals surface area contributed by atoms with Crippen LogP contribution in [0.2, 0.25) is 0 Å². The van der Waals surface area contributed by atoms with Gasteiger partial charge in [-0.2, -0.15) is 11.8 Å². The van der Waals surface area contributed by atoms with Crippen molar-refractivity contribution in [3.05, 3.63) is 0 Å². The first-order chi connectivity index (χ1) is 5.02. The number of thioether (sulfide) groups is 1. The van der Waals surface area contributed by atoms with E-state index in [1.165, 1.54) is 24.3 Å². The van der Waals surface area contributed by atoms with Gasteiger partial charge in [0.05, 0.1) is 0 Å². The number of hydrogen-bond donors (Lipinski definition) is 1. The molecule has 1 saturated carbocycles. The molecule has 1 rings (SSSR count). The van der Waals surface area contributed by atoms with Crippen LogP contribution < -0.4 is 5.73 Å². The van der Waals surface area contributed by atoms with Gasteiger partial charge in [0.2, 0.25) is 0 Å². The average molecular weight is 173 g/mol. The first-order valence-electron chi connectivity index (χ1n) is 4.38. The fourth-order valence-corrected chi connectivity index (χ4v) is 2.68. The van der Waals surface area contributed by atoms with Crippen LogP contribution in [0.3, 0.4) is 0 Å². The molecule has 11 heavy (non-hydrogen) atoms. The Balaban J connectivity index is 2.41. The van der Waals surface area contributed by atoms with Gasteiger partial charge in [-0.15, -0.1) is 0 Å². The summed E-state index contributed by atoms with van der Waals surface area (Å²) in [4.78, 5) is 0. The van der Waals surface area contributed by atoms with E-state index >= 15 is 0 Å². The van der Waals surface area contributed by atoms with E-state index in [1.54, 1.807) is 0 Å². The van der Waals surface area contributed by atoms with Crippen molar-refractivity contribution in [3.63, 3.8) is 0 Å². The molecule has 0 aromatic rings. The molecule has 0 aliphatic heterocycles. The van der Waals surface area contributed by atoms with Crippen LogP contribution in [-0.2, 0) is 0 Å². The second-order valence-corrected chi connectivity index (χ2v) is 5.41. The molecule has 0 saturated heterocycles. The quantitative estimate of drug-likeness (QED) is 0.705. The van der Waals surface area contributed by atoms with Crippen LogP contribution in [-0.4, -0.2) is 17.0 Å². The molecule has 0 heterocycles. The number of hydrogen-bond acceptors (Lipinski definition) is 2. The maximum atomic E-state index is 6.10. The Hall–Kier alpha value is 0.310. The zero-order valence-electron chi connectivity index (χ0n) is 7.81. The third-order valence-electron chi connectivity index (χ3n) is 2.80. The Morgan fingerprint density at radius 3 is 2.27 bits per heavy atom. The van der Waals surface area contributed by atoms with Crippen molar-refractivity contribution in [2.75, 3.05) is 11.5 Å². The van der Waals surface area contributed by atoms with Crippen LogP contribution in [0.15, 0.2) is 0 Å². The first kappa shape index (κ1) is 9.40. The molecule has 0 bridgehead atoms. The molecule has 66 valence electrons. The van der Waals surface area contributed by atoms with Crippen molar-refractivity contribution in [1.29, 1.82) is 0 Å². The van der Waals surface area contributed by atoms with E-state index in [4.69, 9.17) is 5.73 Å². The average Bonchev–Trinajstić information content (AvgIpc) is 2.61. The van der Waals surface area contributed by atoms with Gasteiger partial charge in [0.15, 0.2) is 0 Å². The lowest BCUT2D eigenvalue weighted by Crippen LogP contribution is -2.43. The molecule has 1 aliphatic carbocycles. The van der Waals surface area contributed by atoms with Gasteiger partial charge in [-0.25, -0.2) is 0 Å². The molecule has 0 aromatic carbocycles. The standard InChI is InChI=1S/C9H19NS/c1-4-11-7-9(5-6-9)8(2,3)10/h4-7,10H2,1-3H3. The fraction of sp³-hybridized carbons (Fsp3) is 1.00. The van der Waals surface area contributed by atoms with Crippen molar-refractivity contribution >= 4 is 11.8 Å². The van der Waals surface area contributed by atoms with Crippen LogP contribution in [0.1, 0.15) is 33.6 Å². The molecule has 0 aromatic heterocycles. The van der Waals surface area contributed by atoms with Gasteiger partial charge in [-0.3, -0.25) is 0 Å². The summed E-state index contributed by atoms with van der Waals surface area (Å²) in [6.45, 7) is 6.54. The van der Waals surface area contributed by atoms with Gasteiger partial charge >= 0.3 is 0 Å². The highest BCUT2D eigenvalue weighted by Crippen LogP contribution is 2.54. The molecule has 1 nitrogen and oxygen atoms in total. The first-order valence-corrected chi connectivity index (χ1v) is 5.54.